The fraction of sp³-hybridized carbons (Fsp3) is 1.00. The molecule has 2 nitrogen and oxygen atoms in total. The Morgan fingerprint density at radius 2 is 1.75 bits per heavy atom. The van der Waals surface area contributed by atoms with Crippen LogP contribution in [0.25, 0.3) is 0 Å². The average molecular weight is 278 g/mol. The van der Waals surface area contributed by atoms with Crippen molar-refractivity contribution in [1.29, 1.82) is 0 Å². The smallest absolute Gasteiger partial charge is 0.0113 e. The Balaban J connectivity index is 1.48. The molecule has 1 saturated heterocycles. The average Bonchev–Trinajstić information content (AvgIpc) is 2.97. The van der Waals surface area contributed by atoms with Crippen molar-refractivity contribution in [2.24, 2.45) is 11.8 Å². The van der Waals surface area contributed by atoms with Crippen molar-refractivity contribution in [3.05, 3.63) is 0 Å². The van der Waals surface area contributed by atoms with E-state index in [1.54, 1.807) is 0 Å². The van der Waals surface area contributed by atoms with Gasteiger partial charge in [-0.3, -0.25) is 0 Å². The van der Waals surface area contributed by atoms with Gasteiger partial charge in [-0.1, -0.05) is 26.2 Å². The monoisotopic (exact) mass is 278 g/mol. The van der Waals surface area contributed by atoms with Gasteiger partial charge in [0.15, 0.2) is 0 Å². The molecule has 20 heavy (non-hydrogen) atoms. The second-order valence-electron chi connectivity index (χ2n) is 7.55. The van der Waals surface area contributed by atoms with Crippen molar-refractivity contribution in [2.75, 3.05) is 6.54 Å². The SMILES string of the molecule is CCC1CCC(NC2CCCC2C2CCCCN2)CC1. The standard InChI is InChI=1S/C18H34N2/c1-2-14-9-11-15(12-10-14)20-18-8-5-6-16(18)17-7-3-4-13-19-17/h14-20H,2-13H2,1H3. The third-order valence-electron chi connectivity index (χ3n) is 6.31. The zero-order chi connectivity index (χ0) is 13.8. The molecule has 0 bridgehead atoms. The van der Waals surface area contributed by atoms with E-state index in [-0.39, 0.29) is 0 Å². The predicted octanol–water partition coefficient (Wildman–Crippen LogP) is 3.86. The summed E-state index contributed by atoms with van der Waals surface area (Å²) in [7, 11) is 0. The minimum absolute atomic E-state index is 0.814. The van der Waals surface area contributed by atoms with E-state index in [1.807, 2.05) is 0 Å². The van der Waals surface area contributed by atoms with E-state index in [9.17, 15) is 0 Å². The molecule has 3 atom stereocenters. The lowest BCUT2D eigenvalue weighted by molar-refractivity contribution is 0.216. The van der Waals surface area contributed by atoms with Crippen LogP contribution >= 0.6 is 0 Å². The molecule has 3 rings (SSSR count). The zero-order valence-corrected chi connectivity index (χ0v) is 13.4. The molecule has 2 N–H and O–H groups in total. The first kappa shape index (κ1) is 14.8. The Kier molecular flexibility index (Phi) is 5.39. The van der Waals surface area contributed by atoms with E-state index in [4.69, 9.17) is 0 Å². The van der Waals surface area contributed by atoms with Crippen LogP contribution in [0.5, 0.6) is 0 Å². The van der Waals surface area contributed by atoms with Crippen molar-refractivity contribution in [3.8, 4) is 0 Å². The molecule has 3 fully saturated rings. The first-order valence-electron chi connectivity index (χ1n) is 9.36. The van der Waals surface area contributed by atoms with E-state index in [0.29, 0.717) is 0 Å². The predicted molar refractivity (Wildman–Crippen MR) is 85.9 cm³/mol. The lowest BCUT2D eigenvalue weighted by Crippen LogP contribution is -2.49. The van der Waals surface area contributed by atoms with Crippen LogP contribution in [0.4, 0.5) is 0 Å². The number of piperidine rings is 1. The molecule has 0 aromatic carbocycles. The Labute approximate surface area is 125 Å². The molecule has 2 saturated carbocycles. The molecule has 1 aliphatic heterocycles. The number of hydrogen-bond acceptors (Lipinski definition) is 2. The molecule has 1 heterocycles. The topological polar surface area (TPSA) is 24.1 Å². The molecular formula is C18H34N2. The summed E-state index contributed by atoms with van der Waals surface area (Å²) in [5, 5.41) is 7.87. The Bertz CT molecular complexity index is 277. The summed E-state index contributed by atoms with van der Waals surface area (Å²) >= 11 is 0. The second kappa shape index (κ2) is 7.26. The van der Waals surface area contributed by atoms with Crippen molar-refractivity contribution in [1.82, 2.24) is 10.6 Å². The summed E-state index contributed by atoms with van der Waals surface area (Å²) in [6, 6.07) is 2.46. The van der Waals surface area contributed by atoms with Gasteiger partial charge in [-0.25, -0.2) is 0 Å². The number of hydrogen-bond donors (Lipinski definition) is 2. The van der Waals surface area contributed by atoms with Gasteiger partial charge >= 0.3 is 0 Å². The van der Waals surface area contributed by atoms with Crippen LogP contribution in [0.2, 0.25) is 0 Å². The zero-order valence-electron chi connectivity index (χ0n) is 13.4. The van der Waals surface area contributed by atoms with Crippen LogP contribution in [0.3, 0.4) is 0 Å². The molecule has 0 radical (unpaired) electrons. The summed E-state index contributed by atoms with van der Waals surface area (Å²) < 4.78 is 0. The number of nitrogens with one attached hydrogen (secondary N) is 2. The highest BCUT2D eigenvalue weighted by Crippen LogP contribution is 2.34. The fourth-order valence-corrected chi connectivity index (χ4v) is 4.96. The quantitative estimate of drug-likeness (QED) is 0.816. The molecule has 0 aromatic heterocycles. The van der Waals surface area contributed by atoms with Crippen LogP contribution in [0.15, 0.2) is 0 Å². The Morgan fingerprint density at radius 3 is 2.45 bits per heavy atom. The normalized spacial score (nSPS) is 42.8. The summed E-state index contributed by atoms with van der Waals surface area (Å²) in [6.07, 6.45) is 15.8. The first-order chi connectivity index (χ1) is 9.86. The lowest BCUT2D eigenvalue weighted by atomic mass is 9.83. The van der Waals surface area contributed by atoms with Crippen LogP contribution in [0, 0.1) is 11.8 Å². The molecule has 3 unspecified atom stereocenters. The van der Waals surface area contributed by atoms with Gasteiger partial charge in [-0.15, -0.1) is 0 Å². The minimum atomic E-state index is 0.814. The highest BCUT2D eigenvalue weighted by Gasteiger charge is 2.35. The second-order valence-corrected chi connectivity index (χ2v) is 7.55. The summed E-state index contributed by atoms with van der Waals surface area (Å²) in [6.45, 7) is 3.62. The third kappa shape index (κ3) is 3.57. The molecule has 116 valence electrons. The maximum atomic E-state index is 4.07. The highest BCUT2D eigenvalue weighted by molar-refractivity contribution is 4.94. The Morgan fingerprint density at radius 1 is 0.900 bits per heavy atom. The van der Waals surface area contributed by atoms with Gasteiger partial charge < -0.3 is 10.6 Å². The summed E-state index contributed by atoms with van der Waals surface area (Å²) in [4.78, 5) is 0. The highest BCUT2D eigenvalue weighted by atomic mass is 15.0. The van der Waals surface area contributed by atoms with E-state index < -0.39 is 0 Å². The van der Waals surface area contributed by atoms with Crippen LogP contribution in [-0.2, 0) is 0 Å². The van der Waals surface area contributed by atoms with Crippen molar-refractivity contribution < 1.29 is 0 Å². The van der Waals surface area contributed by atoms with Crippen LogP contribution in [-0.4, -0.2) is 24.7 Å². The van der Waals surface area contributed by atoms with Gasteiger partial charge in [-0.2, -0.15) is 0 Å². The van der Waals surface area contributed by atoms with E-state index >= 15 is 0 Å². The number of rotatable bonds is 4. The Hall–Kier alpha value is -0.0800. The van der Waals surface area contributed by atoms with Gasteiger partial charge in [0.2, 0.25) is 0 Å². The van der Waals surface area contributed by atoms with Gasteiger partial charge in [0.25, 0.3) is 0 Å². The lowest BCUT2D eigenvalue weighted by Gasteiger charge is -2.36. The molecular weight excluding hydrogens is 244 g/mol. The van der Waals surface area contributed by atoms with Crippen molar-refractivity contribution >= 4 is 0 Å². The maximum Gasteiger partial charge on any atom is 0.0113 e. The maximum absolute atomic E-state index is 4.07. The molecule has 0 amide bonds. The van der Waals surface area contributed by atoms with E-state index in [2.05, 4.69) is 17.6 Å². The molecule has 0 aromatic rings. The van der Waals surface area contributed by atoms with Gasteiger partial charge in [0.1, 0.15) is 0 Å². The van der Waals surface area contributed by atoms with E-state index in [1.165, 1.54) is 77.2 Å². The molecule has 2 aliphatic carbocycles. The van der Waals surface area contributed by atoms with Gasteiger partial charge in [0.05, 0.1) is 0 Å². The van der Waals surface area contributed by atoms with Crippen LogP contribution < -0.4 is 10.6 Å². The minimum Gasteiger partial charge on any atom is -0.314 e. The van der Waals surface area contributed by atoms with Gasteiger partial charge in [0, 0.05) is 18.1 Å². The van der Waals surface area contributed by atoms with E-state index in [0.717, 1.165) is 30.0 Å². The molecule has 2 heteroatoms. The summed E-state index contributed by atoms with van der Waals surface area (Å²) in [5.41, 5.74) is 0. The molecule has 3 aliphatic rings. The first-order valence-corrected chi connectivity index (χ1v) is 9.36. The van der Waals surface area contributed by atoms with Crippen LogP contribution in [0.1, 0.15) is 77.6 Å². The van der Waals surface area contributed by atoms with Crippen molar-refractivity contribution in [3.63, 3.8) is 0 Å². The fourth-order valence-electron chi connectivity index (χ4n) is 4.96. The third-order valence-corrected chi connectivity index (χ3v) is 6.31. The summed E-state index contributed by atoms with van der Waals surface area (Å²) in [5.74, 6) is 1.94. The van der Waals surface area contributed by atoms with Gasteiger partial charge in [-0.05, 0) is 69.7 Å². The largest absolute Gasteiger partial charge is 0.314 e. The van der Waals surface area contributed by atoms with Crippen molar-refractivity contribution in [2.45, 2.75) is 95.7 Å². The molecule has 0 spiro atoms.